The number of rotatable bonds is 5. The molecule has 6 heteroatoms. The van der Waals surface area contributed by atoms with Gasteiger partial charge in [0, 0.05) is 13.2 Å². The zero-order valence-corrected chi connectivity index (χ0v) is 10.3. The van der Waals surface area contributed by atoms with Gasteiger partial charge in [-0.2, -0.15) is 5.10 Å². The maximum atomic E-state index is 11.3. The summed E-state index contributed by atoms with van der Waals surface area (Å²) in [6.07, 6.45) is 1.91. The van der Waals surface area contributed by atoms with Gasteiger partial charge in [-0.15, -0.1) is 0 Å². The molecule has 0 aliphatic heterocycles. The van der Waals surface area contributed by atoms with E-state index in [1.54, 1.807) is 30.9 Å². The summed E-state index contributed by atoms with van der Waals surface area (Å²) < 4.78 is 6.43. The van der Waals surface area contributed by atoms with Crippen molar-refractivity contribution in [2.24, 2.45) is 0 Å². The summed E-state index contributed by atoms with van der Waals surface area (Å²) in [5, 5.41) is 6.58. The first-order valence-electron chi connectivity index (χ1n) is 5.51. The van der Waals surface area contributed by atoms with Crippen molar-refractivity contribution in [2.75, 3.05) is 13.7 Å². The lowest BCUT2D eigenvalue weighted by atomic mass is 10.2. The van der Waals surface area contributed by atoms with Crippen molar-refractivity contribution in [3.05, 3.63) is 18.0 Å². The number of nitrogens with one attached hydrogen (secondary N) is 1. The fourth-order valence-corrected chi connectivity index (χ4v) is 1.39. The molecule has 1 unspecified atom stereocenters. The van der Waals surface area contributed by atoms with Gasteiger partial charge in [0.25, 0.3) is 5.91 Å². The number of hydrogen-bond donors (Lipinski definition) is 1. The Morgan fingerprint density at radius 1 is 1.59 bits per heavy atom. The summed E-state index contributed by atoms with van der Waals surface area (Å²) in [6, 6.07) is 1.48. The van der Waals surface area contributed by atoms with E-state index in [4.69, 9.17) is 4.74 Å². The molecule has 17 heavy (non-hydrogen) atoms. The second kappa shape index (κ2) is 6.03. The standard InChI is InChI=1S/C11H17N3O3/c1-4-17-10(15)7-8(2)14-6-5-9(13-14)11(16)12-3/h5-6,8H,4,7H2,1-3H3,(H,12,16). The van der Waals surface area contributed by atoms with Crippen LogP contribution in [0.2, 0.25) is 0 Å². The van der Waals surface area contributed by atoms with Gasteiger partial charge in [-0.25, -0.2) is 0 Å². The molecule has 94 valence electrons. The number of carbonyl (C=O) groups excluding carboxylic acids is 2. The van der Waals surface area contributed by atoms with Gasteiger partial charge >= 0.3 is 5.97 Å². The molecule has 0 aliphatic carbocycles. The molecule has 0 aromatic carbocycles. The van der Waals surface area contributed by atoms with E-state index in [9.17, 15) is 9.59 Å². The molecule has 1 rings (SSSR count). The lowest BCUT2D eigenvalue weighted by Gasteiger charge is -2.10. The molecule has 0 fully saturated rings. The first-order chi connectivity index (χ1) is 8.08. The molecule has 1 aromatic rings. The van der Waals surface area contributed by atoms with Crippen LogP contribution in [0.1, 0.15) is 36.8 Å². The molecule has 1 aromatic heterocycles. The number of esters is 1. The van der Waals surface area contributed by atoms with Crippen LogP contribution in [0.15, 0.2) is 12.3 Å². The molecule has 0 saturated heterocycles. The Morgan fingerprint density at radius 3 is 2.88 bits per heavy atom. The monoisotopic (exact) mass is 239 g/mol. The summed E-state index contributed by atoms with van der Waals surface area (Å²) in [5.41, 5.74) is 0.336. The van der Waals surface area contributed by atoms with E-state index in [0.29, 0.717) is 12.3 Å². The SMILES string of the molecule is CCOC(=O)CC(C)n1ccc(C(=O)NC)n1. The quantitative estimate of drug-likeness (QED) is 0.770. The van der Waals surface area contributed by atoms with Crippen LogP contribution >= 0.6 is 0 Å². The molecule has 0 bridgehead atoms. The Bertz CT molecular complexity index is 400. The lowest BCUT2D eigenvalue weighted by Crippen LogP contribution is -2.19. The van der Waals surface area contributed by atoms with Crippen LogP contribution in [0, 0.1) is 0 Å². The fraction of sp³-hybridized carbons (Fsp3) is 0.545. The predicted molar refractivity (Wildman–Crippen MR) is 61.6 cm³/mol. The molecular weight excluding hydrogens is 222 g/mol. The van der Waals surface area contributed by atoms with Crippen LogP contribution in [0.5, 0.6) is 0 Å². The summed E-state index contributed by atoms with van der Waals surface area (Å²) in [4.78, 5) is 22.6. The van der Waals surface area contributed by atoms with E-state index in [0.717, 1.165) is 0 Å². The summed E-state index contributed by atoms with van der Waals surface area (Å²) in [5.74, 6) is -0.510. The van der Waals surface area contributed by atoms with Gasteiger partial charge in [-0.05, 0) is 19.9 Å². The lowest BCUT2D eigenvalue weighted by molar-refractivity contribution is -0.143. The van der Waals surface area contributed by atoms with Crippen LogP contribution in [0.25, 0.3) is 0 Å². The first-order valence-corrected chi connectivity index (χ1v) is 5.51. The Balaban J connectivity index is 2.63. The third kappa shape index (κ3) is 3.58. The average Bonchev–Trinajstić information content (AvgIpc) is 2.77. The Morgan fingerprint density at radius 2 is 2.29 bits per heavy atom. The molecular formula is C11H17N3O3. The van der Waals surface area contributed by atoms with E-state index in [1.165, 1.54) is 0 Å². The summed E-state index contributed by atoms with van der Waals surface area (Å²) in [6.45, 7) is 3.98. The van der Waals surface area contributed by atoms with Crippen molar-refractivity contribution in [1.82, 2.24) is 15.1 Å². The largest absolute Gasteiger partial charge is 0.466 e. The number of aromatic nitrogens is 2. The van der Waals surface area contributed by atoms with Crippen LogP contribution in [0.4, 0.5) is 0 Å². The zero-order valence-electron chi connectivity index (χ0n) is 10.3. The minimum absolute atomic E-state index is 0.132. The van der Waals surface area contributed by atoms with Crippen LogP contribution in [0.3, 0.4) is 0 Å². The maximum Gasteiger partial charge on any atom is 0.307 e. The molecule has 1 heterocycles. The van der Waals surface area contributed by atoms with Gasteiger partial charge in [-0.1, -0.05) is 0 Å². The highest BCUT2D eigenvalue weighted by atomic mass is 16.5. The zero-order chi connectivity index (χ0) is 12.8. The van der Waals surface area contributed by atoms with E-state index in [1.807, 2.05) is 6.92 Å². The van der Waals surface area contributed by atoms with Crippen LogP contribution in [-0.2, 0) is 9.53 Å². The summed E-state index contributed by atoms with van der Waals surface area (Å²) >= 11 is 0. The fourth-order valence-electron chi connectivity index (χ4n) is 1.39. The number of amides is 1. The predicted octanol–water partition coefficient (Wildman–Crippen LogP) is 0.757. The number of nitrogens with zero attached hydrogens (tertiary/aromatic N) is 2. The van der Waals surface area contributed by atoms with Gasteiger partial charge in [0.2, 0.25) is 0 Å². The third-order valence-electron chi connectivity index (χ3n) is 2.29. The molecule has 1 atom stereocenters. The Kier molecular flexibility index (Phi) is 4.68. The number of carbonyl (C=O) groups is 2. The maximum absolute atomic E-state index is 11.3. The first kappa shape index (κ1) is 13.2. The van der Waals surface area contributed by atoms with E-state index >= 15 is 0 Å². The minimum atomic E-state index is -0.267. The topological polar surface area (TPSA) is 73.2 Å². The molecule has 0 saturated carbocycles. The second-order valence-corrected chi connectivity index (χ2v) is 3.62. The van der Waals surface area contributed by atoms with E-state index in [-0.39, 0.29) is 24.3 Å². The van der Waals surface area contributed by atoms with Crippen LogP contribution < -0.4 is 5.32 Å². The van der Waals surface area contributed by atoms with Crippen LogP contribution in [-0.4, -0.2) is 35.3 Å². The van der Waals surface area contributed by atoms with Crippen molar-refractivity contribution in [3.63, 3.8) is 0 Å². The van der Waals surface area contributed by atoms with Crippen molar-refractivity contribution < 1.29 is 14.3 Å². The average molecular weight is 239 g/mol. The van der Waals surface area contributed by atoms with E-state index < -0.39 is 0 Å². The van der Waals surface area contributed by atoms with Gasteiger partial charge in [0.05, 0.1) is 19.1 Å². The van der Waals surface area contributed by atoms with Crippen molar-refractivity contribution >= 4 is 11.9 Å². The number of hydrogen-bond acceptors (Lipinski definition) is 4. The molecule has 0 aliphatic rings. The third-order valence-corrected chi connectivity index (χ3v) is 2.29. The molecule has 0 spiro atoms. The number of ether oxygens (including phenoxy) is 1. The highest BCUT2D eigenvalue weighted by Crippen LogP contribution is 2.11. The van der Waals surface area contributed by atoms with Crippen molar-refractivity contribution in [2.45, 2.75) is 26.3 Å². The highest BCUT2D eigenvalue weighted by Gasteiger charge is 2.14. The summed E-state index contributed by atoms with van der Waals surface area (Å²) in [7, 11) is 1.55. The Hall–Kier alpha value is -1.85. The van der Waals surface area contributed by atoms with Gasteiger partial charge in [0.15, 0.2) is 0 Å². The highest BCUT2D eigenvalue weighted by molar-refractivity contribution is 5.91. The van der Waals surface area contributed by atoms with Crippen molar-refractivity contribution in [1.29, 1.82) is 0 Å². The Labute approximate surface area is 99.9 Å². The molecule has 0 radical (unpaired) electrons. The normalized spacial score (nSPS) is 11.9. The smallest absolute Gasteiger partial charge is 0.307 e. The molecule has 1 N–H and O–H groups in total. The molecule has 1 amide bonds. The van der Waals surface area contributed by atoms with E-state index in [2.05, 4.69) is 10.4 Å². The van der Waals surface area contributed by atoms with Gasteiger partial charge in [-0.3, -0.25) is 14.3 Å². The minimum Gasteiger partial charge on any atom is -0.466 e. The van der Waals surface area contributed by atoms with Crippen molar-refractivity contribution in [3.8, 4) is 0 Å². The second-order valence-electron chi connectivity index (χ2n) is 3.62. The molecule has 6 nitrogen and oxygen atoms in total. The van der Waals surface area contributed by atoms with Gasteiger partial charge < -0.3 is 10.1 Å². The van der Waals surface area contributed by atoms with Gasteiger partial charge in [0.1, 0.15) is 5.69 Å².